The van der Waals surface area contributed by atoms with Gasteiger partial charge in [0.15, 0.2) is 5.82 Å². The largest absolute Gasteiger partial charge is 0.452 e. The molecular weight excluding hydrogens is 321 g/mol. The zero-order valence-electron chi connectivity index (χ0n) is 9.95. The molecule has 0 aliphatic carbocycles. The Morgan fingerprint density at radius 2 is 1.75 bits per heavy atom. The average molecular weight is 329 g/mol. The minimum Gasteiger partial charge on any atom is -0.452 e. The summed E-state index contributed by atoms with van der Waals surface area (Å²) in [5.74, 6) is 0.285. The van der Waals surface area contributed by atoms with E-state index in [4.69, 9.17) is 45.0 Å². The van der Waals surface area contributed by atoms with Gasteiger partial charge in [-0.05, 0) is 29.8 Å². The number of H-pyrrole nitrogens is 1. The average Bonchev–Trinajstić information content (AvgIpc) is 2.97. The minimum atomic E-state index is 0.234. The Balaban J connectivity index is 2.31. The van der Waals surface area contributed by atoms with Gasteiger partial charge in [0.2, 0.25) is 5.22 Å². The summed E-state index contributed by atoms with van der Waals surface area (Å²) in [4.78, 5) is 0. The van der Waals surface area contributed by atoms with Gasteiger partial charge in [0.05, 0.1) is 33.1 Å². The highest BCUT2D eigenvalue weighted by molar-refractivity contribution is 6.40. The number of hydrogen-bond donors (Lipinski definition) is 2. The van der Waals surface area contributed by atoms with E-state index in [1.54, 1.807) is 24.3 Å². The Morgan fingerprint density at radius 3 is 2.35 bits per heavy atom. The Hall–Kier alpha value is -1.62. The standard InChI is InChI=1S/C13H8Cl3N3O/c14-7-2-1-3-8(15)9(7)10-11(18-19-13(10)17)6-4-5-20-12(6)16/h1-5H,(H3,17,18,19). The summed E-state index contributed by atoms with van der Waals surface area (Å²) in [5.41, 5.74) is 8.39. The maximum absolute atomic E-state index is 6.23. The number of anilines is 1. The lowest BCUT2D eigenvalue weighted by molar-refractivity contribution is 0.570. The molecule has 1 aromatic carbocycles. The van der Waals surface area contributed by atoms with Gasteiger partial charge < -0.3 is 10.2 Å². The highest BCUT2D eigenvalue weighted by atomic mass is 35.5. The van der Waals surface area contributed by atoms with Crippen LogP contribution in [0.4, 0.5) is 5.82 Å². The Labute approximate surface area is 129 Å². The van der Waals surface area contributed by atoms with Gasteiger partial charge in [0, 0.05) is 5.56 Å². The van der Waals surface area contributed by atoms with Crippen LogP contribution in [0.1, 0.15) is 0 Å². The number of rotatable bonds is 2. The van der Waals surface area contributed by atoms with E-state index < -0.39 is 0 Å². The SMILES string of the molecule is Nc1n[nH]c(-c2ccoc2Cl)c1-c1c(Cl)cccc1Cl. The van der Waals surface area contributed by atoms with Crippen LogP contribution in [0.15, 0.2) is 34.9 Å². The smallest absolute Gasteiger partial charge is 0.202 e. The van der Waals surface area contributed by atoms with E-state index in [0.29, 0.717) is 32.4 Å². The number of hydrogen-bond acceptors (Lipinski definition) is 3. The predicted octanol–water partition coefficient (Wildman–Crippen LogP) is 4.88. The van der Waals surface area contributed by atoms with Crippen molar-refractivity contribution in [1.29, 1.82) is 0 Å². The van der Waals surface area contributed by atoms with E-state index in [1.165, 1.54) is 6.26 Å². The van der Waals surface area contributed by atoms with E-state index >= 15 is 0 Å². The van der Waals surface area contributed by atoms with E-state index in [1.807, 2.05) is 0 Å². The highest BCUT2D eigenvalue weighted by Crippen LogP contribution is 2.43. The topological polar surface area (TPSA) is 67.8 Å². The Bertz CT molecular complexity index is 759. The molecule has 0 aliphatic rings. The number of halogens is 3. The van der Waals surface area contributed by atoms with E-state index in [2.05, 4.69) is 10.2 Å². The summed E-state index contributed by atoms with van der Waals surface area (Å²) >= 11 is 18.5. The number of nitrogens with one attached hydrogen (secondary N) is 1. The molecule has 102 valence electrons. The molecule has 3 aromatic rings. The zero-order valence-corrected chi connectivity index (χ0v) is 12.2. The number of benzene rings is 1. The number of aromatic nitrogens is 2. The van der Waals surface area contributed by atoms with Crippen LogP contribution in [-0.4, -0.2) is 10.2 Å². The second-order valence-corrected chi connectivity index (χ2v) is 5.22. The molecule has 0 unspecified atom stereocenters. The van der Waals surface area contributed by atoms with Crippen molar-refractivity contribution in [1.82, 2.24) is 10.2 Å². The van der Waals surface area contributed by atoms with Crippen molar-refractivity contribution >= 4 is 40.6 Å². The van der Waals surface area contributed by atoms with Crippen LogP contribution in [0.5, 0.6) is 0 Å². The lowest BCUT2D eigenvalue weighted by atomic mass is 10.0. The van der Waals surface area contributed by atoms with Crippen LogP contribution < -0.4 is 5.73 Å². The predicted molar refractivity (Wildman–Crippen MR) is 81.2 cm³/mol. The van der Waals surface area contributed by atoms with E-state index in [9.17, 15) is 0 Å². The van der Waals surface area contributed by atoms with Gasteiger partial charge in [-0.15, -0.1) is 0 Å². The molecule has 0 saturated carbocycles. The second kappa shape index (κ2) is 5.05. The fourth-order valence-electron chi connectivity index (χ4n) is 2.01. The van der Waals surface area contributed by atoms with Crippen molar-refractivity contribution in [2.75, 3.05) is 5.73 Å². The molecule has 2 heterocycles. The lowest BCUT2D eigenvalue weighted by Gasteiger charge is -2.08. The lowest BCUT2D eigenvalue weighted by Crippen LogP contribution is -1.90. The van der Waals surface area contributed by atoms with Crippen LogP contribution in [-0.2, 0) is 0 Å². The molecule has 4 nitrogen and oxygen atoms in total. The van der Waals surface area contributed by atoms with Crippen LogP contribution in [0, 0.1) is 0 Å². The van der Waals surface area contributed by atoms with Gasteiger partial charge in [-0.3, -0.25) is 5.10 Å². The maximum Gasteiger partial charge on any atom is 0.202 e. The van der Waals surface area contributed by atoms with Crippen molar-refractivity contribution in [2.45, 2.75) is 0 Å². The molecule has 7 heteroatoms. The molecule has 2 aromatic heterocycles. The van der Waals surface area contributed by atoms with E-state index in [0.717, 1.165) is 0 Å². The van der Waals surface area contributed by atoms with Gasteiger partial charge in [0.25, 0.3) is 0 Å². The van der Waals surface area contributed by atoms with Gasteiger partial charge in [-0.2, -0.15) is 5.10 Å². The quantitative estimate of drug-likeness (QED) is 0.704. The van der Waals surface area contributed by atoms with Crippen LogP contribution in [0.3, 0.4) is 0 Å². The molecule has 3 rings (SSSR count). The van der Waals surface area contributed by atoms with E-state index in [-0.39, 0.29) is 11.0 Å². The molecule has 0 radical (unpaired) electrons. The first-order valence-corrected chi connectivity index (χ1v) is 6.74. The molecule has 0 amide bonds. The highest BCUT2D eigenvalue weighted by Gasteiger charge is 2.22. The molecule has 0 spiro atoms. The molecule has 0 atom stereocenters. The third kappa shape index (κ3) is 2.06. The van der Waals surface area contributed by atoms with Crippen LogP contribution in [0.2, 0.25) is 15.3 Å². The molecule has 0 aliphatic heterocycles. The fourth-order valence-corrected chi connectivity index (χ4v) is 2.81. The van der Waals surface area contributed by atoms with Crippen molar-refractivity contribution in [3.05, 3.63) is 45.8 Å². The van der Waals surface area contributed by atoms with Crippen molar-refractivity contribution in [3.8, 4) is 22.4 Å². The van der Waals surface area contributed by atoms with Gasteiger partial charge in [-0.1, -0.05) is 29.3 Å². The summed E-state index contributed by atoms with van der Waals surface area (Å²) in [6.45, 7) is 0. The summed E-state index contributed by atoms with van der Waals surface area (Å²) in [6, 6.07) is 6.93. The first-order valence-electron chi connectivity index (χ1n) is 5.61. The normalized spacial score (nSPS) is 10.9. The number of nitrogen functional groups attached to an aromatic ring is 1. The molecule has 0 saturated heterocycles. The Morgan fingerprint density at radius 1 is 1.05 bits per heavy atom. The molecule has 0 bridgehead atoms. The number of furan rings is 1. The summed E-state index contributed by atoms with van der Waals surface area (Å²) in [5, 5.41) is 8.03. The van der Waals surface area contributed by atoms with Crippen molar-refractivity contribution in [2.24, 2.45) is 0 Å². The minimum absolute atomic E-state index is 0.234. The fraction of sp³-hybridized carbons (Fsp3) is 0. The summed E-state index contributed by atoms with van der Waals surface area (Å²) in [7, 11) is 0. The van der Waals surface area contributed by atoms with Gasteiger partial charge in [0.1, 0.15) is 0 Å². The third-order valence-corrected chi connectivity index (χ3v) is 3.82. The molecule has 20 heavy (non-hydrogen) atoms. The Kier molecular flexibility index (Phi) is 3.38. The second-order valence-electron chi connectivity index (χ2n) is 4.06. The van der Waals surface area contributed by atoms with Crippen molar-refractivity contribution < 1.29 is 4.42 Å². The first-order chi connectivity index (χ1) is 9.59. The van der Waals surface area contributed by atoms with Gasteiger partial charge >= 0.3 is 0 Å². The zero-order chi connectivity index (χ0) is 14.3. The van der Waals surface area contributed by atoms with Crippen LogP contribution >= 0.6 is 34.8 Å². The van der Waals surface area contributed by atoms with Gasteiger partial charge in [-0.25, -0.2) is 0 Å². The number of nitrogens with zero attached hydrogens (tertiary/aromatic N) is 1. The monoisotopic (exact) mass is 327 g/mol. The first kappa shape index (κ1) is 13.4. The summed E-state index contributed by atoms with van der Waals surface area (Å²) in [6.07, 6.45) is 1.48. The van der Waals surface area contributed by atoms with Crippen LogP contribution in [0.25, 0.3) is 22.4 Å². The third-order valence-electron chi connectivity index (χ3n) is 2.89. The summed E-state index contributed by atoms with van der Waals surface area (Å²) < 4.78 is 5.09. The molecule has 0 fully saturated rings. The number of aromatic amines is 1. The van der Waals surface area contributed by atoms with Crippen molar-refractivity contribution in [3.63, 3.8) is 0 Å². The number of nitrogens with two attached hydrogens (primary N) is 1. The molecule has 3 N–H and O–H groups in total. The maximum atomic E-state index is 6.23. The molecular formula is C13H8Cl3N3O.